The van der Waals surface area contributed by atoms with Gasteiger partial charge in [-0.1, -0.05) is 42.0 Å². The summed E-state index contributed by atoms with van der Waals surface area (Å²) in [4.78, 5) is 37.4. The van der Waals surface area contributed by atoms with Crippen molar-refractivity contribution >= 4 is 29.2 Å². The zero-order chi connectivity index (χ0) is 22.9. The minimum atomic E-state index is -0.724. The van der Waals surface area contributed by atoms with Gasteiger partial charge in [0.2, 0.25) is 0 Å². The lowest BCUT2D eigenvalue weighted by atomic mass is 10.1. The smallest absolute Gasteiger partial charge is 0.340 e. The number of amides is 2. The van der Waals surface area contributed by atoms with E-state index in [-0.39, 0.29) is 11.5 Å². The number of nitrogens with one attached hydrogen (secondary N) is 2. The molecule has 7 nitrogen and oxygen atoms in total. The van der Waals surface area contributed by atoms with Crippen molar-refractivity contribution < 1.29 is 23.9 Å². The van der Waals surface area contributed by atoms with Crippen LogP contribution in [0.2, 0.25) is 0 Å². The molecule has 0 saturated carbocycles. The molecule has 2 N–H and O–H groups in total. The number of ether oxygens (including phenoxy) is 2. The zero-order valence-corrected chi connectivity index (χ0v) is 17.9. The number of rotatable bonds is 8. The maximum Gasteiger partial charge on any atom is 0.340 e. The first-order valence-corrected chi connectivity index (χ1v) is 10.1. The van der Waals surface area contributed by atoms with Crippen molar-refractivity contribution in [3.63, 3.8) is 0 Å². The molecular formula is C25H24N2O5. The molecule has 0 fully saturated rings. The highest BCUT2D eigenvalue weighted by atomic mass is 16.5. The van der Waals surface area contributed by atoms with Crippen LogP contribution >= 0.6 is 0 Å². The van der Waals surface area contributed by atoms with E-state index in [0.29, 0.717) is 29.3 Å². The van der Waals surface area contributed by atoms with E-state index in [1.54, 1.807) is 60.7 Å². The van der Waals surface area contributed by atoms with E-state index in [1.807, 2.05) is 19.9 Å². The van der Waals surface area contributed by atoms with Crippen LogP contribution in [0.3, 0.4) is 0 Å². The lowest BCUT2D eigenvalue weighted by Crippen LogP contribution is -2.22. The van der Waals surface area contributed by atoms with Crippen LogP contribution in [0.15, 0.2) is 72.8 Å². The Balaban J connectivity index is 1.63. The highest BCUT2D eigenvalue weighted by molar-refractivity contribution is 6.08. The van der Waals surface area contributed by atoms with Gasteiger partial charge >= 0.3 is 5.97 Å². The van der Waals surface area contributed by atoms with E-state index in [9.17, 15) is 14.4 Å². The lowest BCUT2D eigenvalue weighted by molar-refractivity contribution is -0.119. The molecule has 0 heterocycles. The van der Waals surface area contributed by atoms with Crippen LogP contribution in [0.5, 0.6) is 5.75 Å². The number of aryl methyl sites for hydroxylation is 1. The summed E-state index contributed by atoms with van der Waals surface area (Å²) < 4.78 is 10.6. The lowest BCUT2D eigenvalue weighted by Gasteiger charge is -2.13. The summed E-state index contributed by atoms with van der Waals surface area (Å²) in [7, 11) is 0. The van der Waals surface area contributed by atoms with Crippen LogP contribution in [0.1, 0.15) is 33.2 Å². The molecule has 3 aromatic carbocycles. The molecule has 0 aliphatic heterocycles. The highest BCUT2D eigenvalue weighted by Gasteiger charge is 2.17. The Labute approximate surface area is 186 Å². The normalized spacial score (nSPS) is 10.2. The molecule has 0 saturated heterocycles. The molecule has 3 aromatic rings. The summed E-state index contributed by atoms with van der Waals surface area (Å²) in [5.74, 6) is -1.05. The first-order chi connectivity index (χ1) is 15.5. The van der Waals surface area contributed by atoms with Gasteiger partial charge in [-0.3, -0.25) is 9.59 Å². The van der Waals surface area contributed by atoms with Gasteiger partial charge in [-0.15, -0.1) is 0 Å². The minimum Gasteiger partial charge on any atom is -0.492 e. The molecule has 0 aromatic heterocycles. The number of carbonyl (C=O) groups is 3. The summed E-state index contributed by atoms with van der Waals surface area (Å²) >= 11 is 0. The highest BCUT2D eigenvalue weighted by Crippen LogP contribution is 2.23. The third kappa shape index (κ3) is 5.95. The fourth-order valence-electron chi connectivity index (χ4n) is 3.00. The predicted molar refractivity (Wildman–Crippen MR) is 122 cm³/mol. The van der Waals surface area contributed by atoms with Crippen molar-refractivity contribution in [2.24, 2.45) is 0 Å². The third-order valence-corrected chi connectivity index (χ3v) is 4.47. The molecule has 0 bridgehead atoms. The molecule has 164 valence electrons. The molecule has 0 aliphatic rings. The average Bonchev–Trinajstić information content (AvgIpc) is 2.79. The van der Waals surface area contributed by atoms with Crippen molar-refractivity contribution in [2.45, 2.75) is 13.8 Å². The first-order valence-electron chi connectivity index (χ1n) is 10.1. The molecule has 7 heteroatoms. The van der Waals surface area contributed by atoms with Gasteiger partial charge in [0.05, 0.1) is 23.5 Å². The van der Waals surface area contributed by atoms with Gasteiger partial charge in [-0.25, -0.2) is 4.79 Å². The van der Waals surface area contributed by atoms with Crippen LogP contribution in [0.4, 0.5) is 11.4 Å². The number of anilines is 2. The Bertz CT molecular complexity index is 1130. The summed E-state index contributed by atoms with van der Waals surface area (Å²) in [5.41, 5.74) is 2.35. The summed E-state index contributed by atoms with van der Waals surface area (Å²) in [6.45, 7) is 3.70. The topological polar surface area (TPSA) is 93.7 Å². The Kier molecular flexibility index (Phi) is 7.59. The van der Waals surface area contributed by atoms with E-state index in [0.717, 1.165) is 5.56 Å². The molecule has 0 atom stereocenters. The quantitative estimate of drug-likeness (QED) is 0.513. The van der Waals surface area contributed by atoms with E-state index < -0.39 is 18.5 Å². The maximum absolute atomic E-state index is 12.6. The zero-order valence-electron chi connectivity index (χ0n) is 17.9. The molecule has 0 spiro atoms. The Hall–Kier alpha value is -4.13. The number of esters is 1. The van der Waals surface area contributed by atoms with Crippen LogP contribution in [-0.4, -0.2) is 31.0 Å². The average molecular weight is 432 g/mol. The van der Waals surface area contributed by atoms with E-state index in [4.69, 9.17) is 9.47 Å². The fourth-order valence-corrected chi connectivity index (χ4v) is 3.00. The second-order valence-electron chi connectivity index (χ2n) is 6.92. The summed E-state index contributed by atoms with van der Waals surface area (Å²) in [5, 5.41) is 5.39. The Morgan fingerprint density at radius 1 is 0.844 bits per heavy atom. The largest absolute Gasteiger partial charge is 0.492 e. The Morgan fingerprint density at radius 2 is 1.56 bits per heavy atom. The number of para-hydroxylation sites is 3. The second-order valence-corrected chi connectivity index (χ2v) is 6.92. The van der Waals surface area contributed by atoms with E-state index in [2.05, 4.69) is 10.6 Å². The predicted octanol–water partition coefficient (Wildman–Crippen LogP) is 4.44. The molecule has 0 unspecified atom stereocenters. The number of carbonyl (C=O) groups excluding carboxylic acids is 3. The van der Waals surface area contributed by atoms with Crippen LogP contribution in [0.25, 0.3) is 0 Å². The first kappa shape index (κ1) is 22.6. The van der Waals surface area contributed by atoms with Gasteiger partial charge in [0.25, 0.3) is 11.8 Å². The molecule has 32 heavy (non-hydrogen) atoms. The molecule has 3 rings (SSSR count). The summed E-state index contributed by atoms with van der Waals surface area (Å²) in [6, 6.07) is 20.6. The fraction of sp³-hybridized carbons (Fsp3) is 0.160. The SMILES string of the molecule is CCOc1ccccc1NC(=O)COC(=O)c1ccccc1NC(=O)c1cccc(C)c1. The van der Waals surface area contributed by atoms with Crippen molar-refractivity contribution in [1.82, 2.24) is 0 Å². The van der Waals surface area contributed by atoms with Crippen LogP contribution in [-0.2, 0) is 9.53 Å². The van der Waals surface area contributed by atoms with Gasteiger partial charge in [-0.2, -0.15) is 0 Å². The molecule has 0 aliphatic carbocycles. The molecule has 2 amide bonds. The molecular weight excluding hydrogens is 408 g/mol. The van der Waals surface area contributed by atoms with Crippen LogP contribution < -0.4 is 15.4 Å². The number of benzene rings is 3. The van der Waals surface area contributed by atoms with Crippen molar-refractivity contribution in [3.8, 4) is 5.75 Å². The number of hydrogen-bond acceptors (Lipinski definition) is 5. The van der Waals surface area contributed by atoms with Gasteiger partial charge in [0, 0.05) is 5.56 Å². The summed E-state index contributed by atoms with van der Waals surface area (Å²) in [6.07, 6.45) is 0. The molecule has 0 radical (unpaired) electrons. The van der Waals surface area contributed by atoms with Crippen molar-refractivity contribution in [2.75, 3.05) is 23.8 Å². The monoisotopic (exact) mass is 432 g/mol. The maximum atomic E-state index is 12.6. The van der Waals surface area contributed by atoms with Crippen LogP contribution in [0, 0.1) is 6.92 Å². The van der Waals surface area contributed by atoms with Crippen molar-refractivity contribution in [1.29, 1.82) is 0 Å². The van der Waals surface area contributed by atoms with E-state index >= 15 is 0 Å². The van der Waals surface area contributed by atoms with Crippen molar-refractivity contribution in [3.05, 3.63) is 89.5 Å². The second kappa shape index (κ2) is 10.8. The van der Waals surface area contributed by atoms with E-state index in [1.165, 1.54) is 6.07 Å². The minimum absolute atomic E-state index is 0.149. The number of hydrogen-bond donors (Lipinski definition) is 2. The Morgan fingerprint density at radius 3 is 2.31 bits per heavy atom. The van der Waals surface area contributed by atoms with Gasteiger partial charge in [-0.05, 0) is 50.2 Å². The standard InChI is InChI=1S/C25H24N2O5/c1-3-31-22-14-7-6-13-21(22)26-23(28)16-32-25(30)19-11-4-5-12-20(19)27-24(29)18-10-8-9-17(2)15-18/h4-15H,3,16H2,1-2H3,(H,26,28)(H,27,29). The van der Waals surface area contributed by atoms with Gasteiger partial charge < -0.3 is 20.1 Å². The van der Waals surface area contributed by atoms with Gasteiger partial charge in [0.1, 0.15) is 5.75 Å². The third-order valence-electron chi connectivity index (χ3n) is 4.47. The van der Waals surface area contributed by atoms with Gasteiger partial charge in [0.15, 0.2) is 6.61 Å².